The number of hydrogen-bond donors (Lipinski definition) is 3. The van der Waals surface area contributed by atoms with Crippen LogP contribution in [0.15, 0.2) is 17.4 Å². The van der Waals surface area contributed by atoms with Gasteiger partial charge in [0.15, 0.2) is 5.96 Å². The lowest BCUT2D eigenvalue weighted by Crippen LogP contribution is -2.53. The normalized spacial score (nSPS) is 27.1. The van der Waals surface area contributed by atoms with E-state index >= 15 is 0 Å². The monoisotopic (exact) mass is 480 g/mol. The predicted octanol–water partition coefficient (Wildman–Crippen LogP) is 1.04. The van der Waals surface area contributed by atoms with Crippen molar-refractivity contribution in [3.63, 3.8) is 0 Å². The third-order valence-electron chi connectivity index (χ3n) is 4.71. The largest absolute Gasteiger partial charge is 0.387 e. The Morgan fingerprint density at radius 3 is 3.04 bits per heavy atom. The van der Waals surface area contributed by atoms with Crippen LogP contribution < -0.4 is 15.5 Å². The first-order valence-corrected chi connectivity index (χ1v) is 9.74. The molecule has 2 aliphatic heterocycles. The summed E-state index contributed by atoms with van der Waals surface area (Å²) < 4.78 is 1.84. The minimum absolute atomic E-state index is 0. The summed E-state index contributed by atoms with van der Waals surface area (Å²) >= 11 is 1.81. The summed E-state index contributed by atoms with van der Waals surface area (Å²) in [6.07, 6.45) is 7.09. The van der Waals surface area contributed by atoms with Gasteiger partial charge in [-0.2, -0.15) is 16.9 Å². The Kier molecular flexibility index (Phi) is 7.68. The molecule has 0 radical (unpaired) electrons. The number of piperidine rings is 1. The summed E-state index contributed by atoms with van der Waals surface area (Å²) in [5.41, 5.74) is 0.570. The highest BCUT2D eigenvalue weighted by Crippen LogP contribution is 2.27. The van der Waals surface area contributed by atoms with Crippen LogP contribution in [0.5, 0.6) is 0 Å². The summed E-state index contributed by atoms with van der Waals surface area (Å²) in [5, 5.41) is 21.5. The molecule has 7 nitrogen and oxygen atoms in total. The molecule has 3 rings (SSSR count). The van der Waals surface area contributed by atoms with Crippen molar-refractivity contribution in [1.82, 2.24) is 20.4 Å². The van der Waals surface area contributed by atoms with E-state index in [1.807, 2.05) is 29.7 Å². The second-order valence-corrected chi connectivity index (χ2v) is 7.86. The van der Waals surface area contributed by atoms with E-state index in [2.05, 4.69) is 31.8 Å². The van der Waals surface area contributed by atoms with E-state index in [1.54, 1.807) is 7.05 Å². The van der Waals surface area contributed by atoms with E-state index < -0.39 is 5.60 Å². The Bertz CT molecular complexity index is 575. The minimum Gasteiger partial charge on any atom is -0.387 e. The SMILES string of the molecule is CN=C(NCC1(O)CCSC1)NC1CCCN(c2cnn(C)c2)C1.I. The Morgan fingerprint density at radius 1 is 1.56 bits per heavy atom. The highest BCUT2D eigenvalue weighted by molar-refractivity contribution is 14.0. The van der Waals surface area contributed by atoms with Crippen LogP contribution in [0.2, 0.25) is 0 Å². The van der Waals surface area contributed by atoms with Gasteiger partial charge in [-0.25, -0.2) is 0 Å². The van der Waals surface area contributed by atoms with Crippen molar-refractivity contribution in [2.75, 3.05) is 43.1 Å². The van der Waals surface area contributed by atoms with Gasteiger partial charge in [-0.3, -0.25) is 9.67 Å². The van der Waals surface area contributed by atoms with Gasteiger partial charge in [-0.05, 0) is 25.0 Å². The summed E-state index contributed by atoms with van der Waals surface area (Å²) in [6, 6.07) is 0.345. The quantitative estimate of drug-likeness (QED) is 0.340. The molecular formula is C16H29IN6OS. The maximum Gasteiger partial charge on any atom is 0.191 e. The molecule has 2 aliphatic rings. The minimum atomic E-state index is -0.601. The van der Waals surface area contributed by atoms with Crippen molar-refractivity contribution < 1.29 is 5.11 Å². The van der Waals surface area contributed by atoms with Crippen molar-refractivity contribution >= 4 is 47.4 Å². The number of aliphatic imine (C=N–C) groups is 1. The number of guanidine groups is 1. The van der Waals surface area contributed by atoms with Crippen LogP contribution in [0.25, 0.3) is 0 Å². The molecule has 25 heavy (non-hydrogen) atoms. The van der Waals surface area contributed by atoms with Gasteiger partial charge in [0.25, 0.3) is 0 Å². The number of rotatable bonds is 4. The van der Waals surface area contributed by atoms with Gasteiger partial charge in [0.2, 0.25) is 0 Å². The molecule has 142 valence electrons. The Labute approximate surface area is 171 Å². The summed E-state index contributed by atoms with van der Waals surface area (Å²) in [4.78, 5) is 6.68. The summed E-state index contributed by atoms with van der Waals surface area (Å²) in [7, 11) is 3.73. The van der Waals surface area contributed by atoms with Crippen LogP contribution in [0.1, 0.15) is 19.3 Å². The number of anilines is 1. The zero-order chi connectivity index (χ0) is 17.0. The van der Waals surface area contributed by atoms with E-state index in [0.717, 1.165) is 49.8 Å². The molecule has 3 heterocycles. The molecule has 1 aromatic rings. The molecule has 0 aliphatic carbocycles. The molecule has 3 N–H and O–H groups in total. The van der Waals surface area contributed by atoms with Gasteiger partial charge >= 0.3 is 0 Å². The first-order valence-electron chi connectivity index (χ1n) is 8.59. The first-order chi connectivity index (χ1) is 11.6. The number of aryl methyl sites for hydroxylation is 1. The molecule has 1 aromatic heterocycles. The Hall–Kier alpha value is -0.680. The van der Waals surface area contributed by atoms with E-state index in [4.69, 9.17) is 0 Å². The molecule has 0 saturated carbocycles. The molecule has 9 heteroatoms. The molecule has 2 atom stereocenters. The van der Waals surface area contributed by atoms with Gasteiger partial charge in [0.1, 0.15) is 0 Å². The van der Waals surface area contributed by atoms with Crippen LogP contribution in [-0.2, 0) is 7.05 Å². The predicted molar refractivity (Wildman–Crippen MR) is 115 cm³/mol. The number of nitrogens with one attached hydrogen (secondary N) is 2. The Morgan fingerprint density at radius 2 is 2.40 bits per heavy atom. The van der Waals surface area contributed by atoms with E-state index in [-0.39, 0.29) is 24.0 Å². The fourth-order valence-corrected chi connectivity index (χ4v) is 4.57. The Balaban J connectivity index is 0.00000225. The maximum absolute atomic E-state index is 10.5. The standard InChI is InChI=1S/C16H28N6OS.HI/c1-17-15(18-11-16(23)5-7-24-12-16)20-13-4-3-6-22(9-13)14-8-19-21(2)10-14;/h8,10,13,23H,3-7,9,11-12H2,1-2H3,(H2,17,18,20);1H. The molecular weight excluding hydrogens is 451 g/mol. The number of aliphatic hydroxyl groups is 1. The molecule has 2 unspecified atom stereocenters. The fraction of sp³-hybridized carbons (Fsp3) is 0.750. The second kappa shape index (κ2) is 9.31. The number of thioether (sulfide) groups is 1. The van der Waals surface area contributed by atoms with Crippen molar-refractivity contribution in [3.05, 3.63) is 12.4 Å². The zero-order valence-corrected chi connectivity index (χ0v) is 18.1. The number of hydrogen-bond acceptors (Lipinski definition) is 5. The first kappa shape index (κ1) is 20.6. The van der Waals surface area contributed by atoms with Crippen LogP contribution >= 0.6 is 35.7 Å². The number of aromatic nitrogens is 2. The van der Waals surface area contributed by atoms with Gasteiger partial charge in [-0.15, -0.1) is 24.0 Å². The zero-order valence-electron chi connectivity index (χ0n) is 14.9. The highest BCUT2D eigenvalue weighted by Gasteiger charge is 2.32. The maximum atomic E-state index is 10.5. The average Bonchev–Trinajstić information content (AvgIpc) is 3.21. The number of nitrogens with zero attached hydrogens (tertiary/aromatic N) is 4. The topological polar surface area (TPSA) is 77.7 Å². The molecule has 0 bridgehead atoms. The molecule has 0 aromatic carbocycles. The van der Waals surface area contributed by atoms with E-state index in [0.29, 0.717) is 12.6 Å². The summed E-state index contributed by atoms with van der Waals surface area (Å²) in [6.45, 7) is 2.55. The number of halogens is 1. The van der Waals surface area contributed by atoms with Gasteiger partial charge in [0, 0.05) is 51.7 Å². The average molecular weight is 480 g/mol. The lowest BCUT2D eigenvalue weighted by Gasteiger charge is -2.35. The van der Waals surface area contributed by atoms with Gasteiger partial charge in [-0.1, -0.05) is 0 Å². The van der Waals surface area contributed by atoms with Crippen molar-refractivity contribution in [1.29, 1.82) is 0 Å². The van der Waals surface area contributed by atoms with Gasteiger partial charge in [0.05, 0.1) is 17.5 Å². The van der Waals surface area contributed by atoms with Crippen LogP contribution in [0, 0.1) is 0 Å². The molecule has 0 spiro atoms. The van der Waals surface area contributed by atoms with Gasteiger partial charge < -0.3 is 20.6 Å². The van der Waals surface area contributed by atoms with Crippen LogP contribution in [0.3, 0.4) is 0 Å². The smallest absolute Gasteiger partial charge is 0.191 e. The van der Waals surface area contributed by atoms with E-state index in [1.165, 1.54) is 5.69 Å². The fourth-order valence-electron chi connectivity index (χ4n) is 3.27. The van der Waals surface area contributed by atoms with Crippen LogP contribution in [-0.4, -0.2) is 70.7 Å². The second-order valence-electron chi connectivity index (χ2n) is 6.75. The highest BCUT2D eigenvalue weighted by atomic mass is 127. The lowest BCUT2D eigenvalue weighted by molar-refractivity contribution is 0.0723. The third kappa shape index (κ3) is 5.65. The molecule has 2 saturated heterocycles. The summed E-state index contributed by atoms with van der Waals surface area (Å²) in [5.74, 6) is 2.61. The third-order valence-corrected chi connectivity index (χ3v) is 5.94. The van der Waals surface area contributed by atoms with Crippen molar-refractivity contribution in [3.8, 4) is 0 Å². The van der Waals surface area contributed by atoms with Crippen LogP contribution in [0.4, 0.5) is 5.69 Å². The molecule has 0 amide bonds. The van der Waals surface area contributed by atoms with E-state index in [9.17, 15) is 5.11 Å². The molecule has 2 fully saturated rings. The van der Waals surface area contributed by atoms with Crippen molar-refractivity contribution in [2.24, 2.45) is 12.0 Å². The van der Waals surface area contributed by atoms with Crippen molar-refractivity contribution in [2.45, 2.75) is 30.9 Å². The lowest BCUT2D eigenvalue weighted by atomic mass is 10.0.